The summed E-state index contributed by atoms with van der Waals surface area (Å²) in [6.07, 6.45) is 1.83. The van der Waals surface area contributed by atoms with Gasteiger partial charge < -0.3 is 20.2 Å². The Morgan fingerprint density at radius 2 is 1.51 bits per heavy atom. The van der Waals surface area contributed by atoms with Gasteiger partial charge in [-0.2, -0.15) is 0 Å². The van der Waals surface area contributed by atoms with Crippen LogP contribution in [0, 0.1) is 0 Å². The Hall–Kier alpha value is -4.46. The topological polar surface area (TPSA) is 108 Å². The van der Waals surface area contributed by atoms with Crippen molar-refractivity contribution in [1.29, 1.82) is 0 Å². The summed E-state index contributed by atoms with van der Waals surface area (Å²) < 4.78 is 0. The monoisotopic (exact) mass is 527 g/mol. The Morgan fingerprint density at radius 1 is 0.897 bits per heavy atom. The molecule has 8 heteroatoms. The first kappa shape index (κ1) is 27.6. The maximum absolute atomic E-state index is 13.2. The highest BCUT2D eigenvalue weighted by atomic mass is 16.6. The second-order valence-corrected chi connectivity index (χ2v) is 9.51. The van der Waals surface area contributed by atoms with Gasteiger partial charge in [-0.1, -0.05) is 84.0 Å². The van der Waals surface area contributed by atoms with Gasteiger partial charge in [-0.25, -0.2) is 4.79 Å². The van der Waals surface area contributed by atoms with Crippen molar-refractivity contribution in [3.8, 4) is 0 Å². The predicted molar refractivity (Wildman–Crippen MR) is 148 cm³/mol. The molecule has 3 aromatic carbocycles. The number of hydrogen-bond donors (Lipinski definition) is 2. The number of carboxylic acid groups (broad SMARTS) is 1. The quantitative estimate of drug-likeness (QED) is 0.267. The van der Waals surface area contributed by atoms with Crippen molar-refractivity contribution < 1.29 is 24.3 Å². The maximum atomic E-state index is 13.2. The molecule has 2 atom stereocenters. The van der Waals surface area contributed by atoms with Crippen LogP contribution >= 0.6 is 0 Å². The molecule has 0 aliphatic carbocycles. The molecule has 0 unspecified atom stereocenters. The van der Waals surface area contributed by atoms with Gasteiger partial charge >= 0.3 is 5.97 Å². The number of rotatable bonds is 12. The molecule has 39 heavy (non-hydrogen) atoms. The second-order valence-electron chi connectivity index (χ2n) is 9.51. The molecule has 1 saturated heterocycles. The zero-order chi connectivity index (χ0) is 27.5. The normalized spacial score (nSPS) is 15.9. The number of carbonyl (C=O) groups excluding carboxylic acids is 2. The van der Waals surface area contributed by atoms with Crippen molar-refractivity contribution >= 4 is 23.5 Å². The van der Waals surface area contributed by atoms with Gasteiger partial charge in [0.1, 0.15) is 12.6 Å². The van der Waals surface area contributed by atoms with Crippen LogP contribution in [-0.2, 0) is 27.5 Å². The van der Waals surface area contributed by atoms with Crippen LogP contribution in [0.15, 0.2) is 96.2 Å². The van der Waals surface area contributed by atoms with Gasteiger partial charge in [-0.3, -0.25) is 9.59 Å². The zero-order valence-corrected chi connectivity index (χ0v) is 21.7. The molecule has 0 spiro atoms. The van der Waals surface area contributed by atoms with Crippen LogP contribution in [0.25, 0.3) is 0 Å². The van der Waals surface area contributed by atoms with Crippen LogP contribution in [0.4, 0.5) is 0 Å². The molecule has 3 aromatic rings. The fraction of sp³-hybridized carbons (Fsp3) is 0.290. The van der Waals surface area contributed by atoms with Crippen LogP contribution in [0.2, 0.25) is 0 Å². The molecule has 1 heterocycles. The molecule has 1 aliphatic heterocycles. The molecule has 0 bridgehead atoms. The Kier molecular flexibility index (Phi) is 9.83. The van der Waals surface area contributed by atoms with Gasteiger partial charge in [0.25, 0.3) is 5.91 Å². The van der Waals surface area contributed by atoms with Gasteiger partial charge in [0, 0.05) is 18.5 Å². The number of hydrogen-bond acceptors (Lipinski definition) is 5. The van der Waals surface area contributed by atoms with Crippen molar-refractivity contribution in [2.45, 2.75) is 50.8 Å². The Bertz CT molecular complexity index is 1270. The maximum Gasteiger partial charge on any atom is 0.326 e. The third kappa shape index (κ3) is 8.01. The summed E-state index contributed by atoms with van der Waals surface area (Å²) in [5.41, 5.74) is 2.95. The highest BCUT2D eigenvalue weighted by Gasteiger charge is 2.34. The summed E-state index contributed by atoms with van der Waals surface area (Å²) in [5, 5.41) is 17.0. The van der Waals surface area contributed by atoms with Crippen molar-refractivity contribution in [3.05, 3.63) is 108 Å². The van der Waals surface area contributed by atoms with Crippen LogP contribution in [0.1, 0.15) is 47.2 Å². The minimum Gasteiger partial charge on any atom is -0.480 e. The molecule has 0 saturated carbocycles. The lowest BCUT2D eigenvalue weighted by Gasteiger charge is -2.24. The van der Waals surface area contributed by atoms with E-state index in [4.69, 9.17) is 4.84 Å². The number of aliphatic carboxylic acids is 1. The van der Waals surface area contributed by atoms with E-state index in [0.717, 1.165) is 11.1 Å². The molecule has 2 amide bonds. The Morgan fingerprint density at radius 3 is 2.15 bits per heavy atom. The van der Waals surface area contributed by atoms with E-state index in [2.05, 4.69) is 10.5 Å². The fourth-order valence-electron chi connectivity index (χ4n) is 4.68. The summed E-state index contributed by atoms with van der Waals surface area (Å²) in [6, 6.07) is 26.9. The number of likely N-dealkylation sites (tertiary alicyclic amines) is 1. The minimum atomic E-state index is -0.988. The SMILES string of the molecule is O=C(N[C@@H](Cc1ccccc1)C(CCC(=O)N1CCC[C@H]1C(=O)O)=NOCc1ccccc1)c1ccccc1. The Balaban J connectivity index is 1.56. The molecule has 202 valence electrons. The van der Waals surface area contributed by atoms with Crippen LogP contribution in [0.5, 0.6) is 0 Å². The number of benzene rings is 3. The summed E-state index contributed by atoms with van der Waals surface area (Å²) in [5.74, 6) is -1.49. The van der Waals surface area contributed by atoms with Crippen LogP contribution < -0.4 is 5.32 Å². The first-order valence-electron chi connectivity index (χ1n) is 13.2. The van der Waals surface area contributed by atoms with E-state index in [1.165, 1.54) is 4.90 Å². The standard InChI is InChI=1S/C31H33N3O5/c35-29(34-20-10-17-28(34)31(37)38)19-18-26(33-39-22-24-13-6-2-7-14-24)27(21-23-11-4-1-5-12-23)32-30(36)25-15-8-3-9-16-25/h1-9,11-16,27-28H,10,17-22H2,(H,32,36)(H,37,38)/t27-,28-/m0/s1. The second kappa shape index (κ2) is 13.9. The van der Waals surface area contributed by atoms with Gasteiger partial charge in [-0.15, -0.1) is 0 Å². The van der Waals surface area contributed by atoms with E-state index in [0.29, 0.717) is 37.1 Å². The first-order chi connectivity index (χ1) is 19.0. The Labute approximate surface area is 228 Å². The van der Waals surface area contributed by atoms with E-state index in [9.17, 15) is 19.5 Å². The van der Waals surface area contributed by atoms with Crippen molar-refractivity contribution in [3.63, 3.8) is 0 Å². The lowest BCUT2D eigenvalue weighted by molar-refractivity contribution is -0.148. The van der Waals surface area contributed by atoms with Crippen LogP contribution in [-0.4, -0.2) is 52.1 Å². The van der Waals surface area contributed by atoms with Gasteiger partial charge in [0.2, 0.25) is 5.91 Å². The van der Waals surface area contributed by atoms with Crippen molar-refractivity contribution in [2.24, 2.45) is 5.16 Å². The largest absolute Gasteiger partial charge is 0.480 e. The van der Waals surface area contributed by atoms with Crippen LogP contribution in [0.3, 0.4) is 0 Å². The molecule has 1 fully saturated rings. The highest BCUT2D eigenvalue weighted by Crippen LogP contribution is 2.20. The number of oxime groups is 1. The molecule has 8 nitrogen and oxygen atoms in total. The summed E-state index contributed by atoms with van der Waals surface area (Å²) in [4.78, 5) is 45.0. The molecular formula is C31H33N3O5. The summed E-state index contributed by atoms with van der Waals surface area (Å²) in [7, 11) is 0. The van der Waals surface area contributed by atoms with Crippen molar-refractivity contribution in [2.75, 3.05) is 6.54 Å². The third-order valence-corrected chi connectivity index (χ3v) is 6.74. The van der Waals surface area contributed by atoms with Gasteiger partial charge in [0.15, 0.2) is 0 Å². The average Bonchev–Trinajstić information content (AvgIpc) is 3.47. The molecule has 0 aromatic heterocycles. The molecule has 0 radical (unpaired) electrons. The van der Waals surface area contributed by atoms with Crippen molar-refractivity contribution in [1.82, 2.24) is 10.2 Å². The highest BCUT2D eigenvalue weighted by molar-refractivity contribution is 6.00. The van der Waals surface area contributed by atoms with E-state index in [1.807, 2.05) is 66.7 Å². The predicted octanol–water partition coefficient (Wildman–Crippen LogP) is 4.46. The molecular weight excluding hydrogens is 494 g/mol. The summed E-state index contributed by atoms with van der Waals surface area (Å²) >= 11 is 0. The van der Waals surface area contributed by atoms with E-state index < -0.39 is 18.1 Å². The van der Waals surface area contributed by atoms with Gasteiger partial charge in [-0.05, 0) is 48.9 Å². The van der Waals surface area contributed by atoms with E-state index >= 15 is 0 Å². The first-order valence-corrected chi connectivity index (χ1v) is 13.2. The lowest BCUT2D eigenvalue weighted by atomic mass is 9.98. The number of carbonyl (C=O) groups is 3. The number of carboxylic acids is 1. The number of nitrogens with one attached hydrogen (secondary N) is 1. The minimum absolute atomic E-state index is 0.0593. The smallest absolute Gasteiger partial charge is 0.326 e. The number of nitrogens with zero attached hydrogens (tertiary/aromatic N) is 2. The van der Waals surface area contributed by atoms with E-state index in [1.54, 1.807) is 24.3 Å². The molecule has 1 aliphatic rings. The zero-order valence-electron chi connectivity index (χ0n) is 21.7. The molecule has 4 rings (SSSR count). The number of amides is 2. The third-order valence-electron chi connectivity index (χ3n) is 6.74. The molecule has 2 N–H and O–H groups in total. The van der Waals surface area contributed by atoms with E-state index in [-0.39, 0.29) is 31.3 Å². The average molecular weight is 528 g/mol. The fourth-order valence-corrected chi connectivity index (χ4v) is 4.68. The summed E-state index contributed by atoms with van der Waals surface area (Å²) in [6.45, 7) is 0.654. The lowest BCUT2D eigenvalue weighted by Crippen LogP contribution is -2.44. The van der Waals surface area contributed by atoms with Gasteiger partial charge in [0.05, 0.1) is 11.8 Å².